The van der Waals surface area contributed by atoms with E-state index < -0.39 is 0 Å². The first-order valence-electron chi connectivity index (χ1n) is 12.2. The fourth-order valence-corrected chi connectivity index (χ4v) is 7.18. The Bertz CT molecular complexity index is 1300. The molecule has 2 aliphatic rings. The van der Waals surface area contributed by atoms with E-state index in [-0.39, 0.29) is 28.0 Å². The Balaban J connectivity index is 1.45. The largest absolute Gasteiger partial charge is 0.338 e. The van der Waals surface area contributed by atoms with Crippen LogP contribution in [-0.4, -0.2) is 38.7 Å². The SMILES string of the molecule is CCc1ccc(-n2c(SCC(=O)N3CC4(C)CC3CC(C)(C)C4)nc3ccccc3c2=O)cc1. The molecule has 2 fully saturated rings. The van der Waals surface area contributed by atoms with Crippen LogP contribution >= 0.6 is 11.8 Å². The average molecular weight is 476 g/mol. The van der Waals surface area contributed by atoms with Gasteiger partial charge in [-0.2, -0.15) is 0 Å². The van der Waals surface area contributed by atoms with Crippen LogP contribution in [0, 0.1) is 10.8 Å². The molecule has 178 valence electrons. The normalized spacial score (nSPS) is 23.4. The number of aryl methyl sites for hydroxylation is 1. The number of fused-ring (bicyclic) bond motifs is 3. The zero-order valence-corrected chi connectivity index (χ0v) is 21.3. The van der Waals surface area contributed by atoms with Crippen LogP contribution < -0.4 is 5.56 Å². The van der Waals surface area contributed by atoms with E-state index in [2.05, 4.69) is 32.6 Å². The van der Waals surface area contributed by atoms with Crippen LogP contribution in [0.3, 0.4) is 0 Å². The van der Waals surface area contributed by atoms with Crippen molar-refractivity contribution < 1.29 is 4.79 Å². The molecule has 2 aromatic carbocycles. The van der Waals surface area contributed by atoms with E-state index in [1.165, 1.54) is 17.3 Å². The van der Waals surface area contributed by atoms with Crippen molar-refractivity contribution in [3.63, 3.8) is 0 Å². The van der Waals surface area contributed by atoms with Crippen LogP contribution in [-0.2, 0) is 11.2 Å². The van der Waals surface area contributed by atoms with E-state index in [0.717, 1.165) is 37.9 Å². The monoisotopic (exact) mass is 475 g/mol. The topological polar surface area (TPSA) is 55.2 Å². The average Bonchev–Trinajstić information content (AvgIpc) is 3.06. The second kappa shape index (κ2) is 8.56. The Labute approximate surface area is 205 Å². The number of aromatic nitrogens is 2. The zero-order valence-electron chi connectivity index (χ0n) is 20.5. The van der Waals surface area contributed by atoms with Gasteiger partial charge in [0, 0.05) is 12.6 Å². The number of hydrogen-bond acceptors (Lipinski definition) is 4. The fraction of sp³-hybridized carbons (Fsp3) is 0.464. The third-order valence-corrected chi connectivity index (χ3v) is 8.33. The molecule has 5 nitrogen and oxygen atoms in total. The molecule has 0 N–H and O–H groups in total. The van der Waals surface area contributed by atoms with Crippen molar-refractivity contribution in [2.45, 2.75) is 64.6 Å². The van der Waals surface area contributed by atoms with E-state index >= 15 is 0 Å². The van der Waals surface area contributed by atoms with Crippen LogP contribution in [0.4, 0.5) is 0 Å². The van der Waals surface area contributed by atoms with Gasteiger partial charge in [-0.05, 0) is 66.3 Å². The van der Waals surface area contributed by atoms with Crippen molar-refractivity contribution in [3.05, 3.63) is 64.4 Å². The van der Waals surface area contributed by atoms with Crippen LogP contribution in [0.2, 0.25) is 0 Å². The molecular weight excluding hydrogens is 442 g/mol. The van der Waals surface area contributed by atoms with E-state index in [0.29, 0.717) is 22.1 Å². The lowest BCUT2D eigenvalue weighted by Gasteiger charge is -2.39. The lowest BCUT2D eigenvalue weighted by atomic mass is 9.65. The summed E-state index contributed by atoms with van der Waals surface area (Å²) < 4.78 is 1.66. The Morgan fingerprint density at radius 1 is 1.09 bits per heavy atom. The predicted octanol–water partition coefficient (Wildman–Crippen LogP) is 5.47. The Morgan fingerprint density at radius 3 is 2.56 bits per heavy atom. The number of amides is 1. The van der Waals surface area contributed by atoms with Gasteiger partial charge in [-0.15, -0.1) is 0 Å². The second-order valence-corrected chi connectivity index (χ2v) is 12.0. The Morgan fingerprint density at radius 2 is 1.82 bits per heavy atom. The number of carbonyl (C=O) groups excluding carboxylic acids is 1. The van der Waals surface area contributed by atoms with E-state index in [4.69, 9.17) is 4.98 Å². The van der Waals surface area contributed by atoms with Crippen molar-refractivity contribution in [3.8, 4) is 5.69 Å². The number of thioether (sulfide) groups is 1. The molecule has 1 aliphatic heterocycles. The quantitative estimate of drug-likeness (QED) is 0.363. The van der Waals surface area contributed by atoms with Gasteiger partial charge in [-0.3, -0.25) is 14.2 Å². The first-order chi connectivity index (χ1) is 16.2. The van der Waals surface area contributed by atoms with Crippen molar-refractivity contribution in [2.75, 3.05) is 12.3 Å². The number of hydrogen-bond donors (Lipinski definition) is 0. The van der Waals surface area contributed by atoms with Crippen molar-refractivity contribution in [2.24, 2.45) is 10.8 Å². The van der Waals surface area contributed by atoms with Gasteiger partial charge in [0.25, 0.3) is 5.56 Å². The Kier molecular flexibility index (Phi) is 5.83. The highest BCUT2D eigenvalue weighted by atomic mass is 32.2. The van der Waals surface area contributed by atoms with Crippen molar-refractivity contribution >= 4 is 28.6 Å². The summed E-state index contributed by atoms with van der Waals surface area (Å²) in [6.45, 7) is 9.91. The first kappa shape index (κ1) is 23.2. The van der Waals surface area contributed by atoms with Crippen LogP contribution in [0.1, 0.15) is 52.5 Å². The molecule has 1 saturated heterocycles. The maximum Gasteiger partial charge on any atom is 0.266 e. The predicted molar refractivity (Wildman–Crippen MR) is 139 cm³/mol. The molecule has 2 bridgehead atoms. The second-order valence-electron chi connectivity index (χ2n) is 11.1. The van der Waals surface area contributed by atoms with Gasteiger partial charge in [-0.1, -0.05) is 63.7 Å². The van der Waals surface area contributed by atoms with Crippen molar-refractivity contribution in [1.29, 1.82) is 0 Å². The maximum atomic E-state index is 13.5. The number of para-hydroxylation sites is 1. The van der Waals surface area contributed by atoms with E-state index in [1.807, 2.05) is 48.5 Å². The summed E-state index contributed by atoms with van der Waals surface area (Å²) in [7, 11) is 0. The van der Waals surface area contributed by atoms with Gasteiger partial charge in [0.1, 0.15) is 0 Å². The van der Waals surface area contributed by atoms with Crippen molar-refractivity contribution in [1.82, 2.24) is 14.5 Å². The van der Waals surface area contributed by atoms with E-state index in [1.54, 1.807) is 4.57 Å². The zero-order chi connectivity index (χ0) is 24.1. The molecule has 0 spiro atoms. The summed E-state index contributed by atoms with van der Waals surface area (Å²) in [4.78, 5) is 33.8. The summed E-state index contributed by atoms with van der Waals surface area (Å²) in [6.07, 6.45) is 4.25. The smallest absolute Gasteiger partial charge is 0.266 e. The number of nitrogens with zero attached hydrogens (tertiary/aromatic N) is 3. The molecule has 3 aromatic rings. The summed E-state index contributed by atoms with van der Waals surface area (Å²) in [5.41, 5.74) is 3.03. The summed E-state index contributed by atoms with van der Waals surface area (Å²) in [5, 5.41) is 1.15. The number of benzene rings is 2. The highest BCUT2D eigenvalue weighted by Crippen LogP contribution is 2.52. The Hall–Kier alpha value is -2.60. The molecule has 0 radical (unpaired) electrons. The molecule has 1 amide bonds. The first-order valence-corrected chi connectivity index (χ1v) is 13.2. The fourth-order valence-electron chi connectivity index (χ4n) is 6.28. The molecule has 1 aromatic heterocycles. The van der Waals surface area contributed by atoms with E-state index in [9.17, 15) is 9.59 Å². The number of rotatable bonds is 5. The summed E-state index contributed by atoms with van der Waals surface area (Å²) in [5.74, 6) is 0.428. The lowest BCUT2D eigenvalue weighted by molar-refractivity contribution is -0.129. The standard InChI is InChI=1S/C28H33N3O2S/c1-5-19-10-12-20(13-11-19)31-25(33)22-8-6-7-9-23(22)29-26(31)34-16-24(32)30-18-28(4)15-21(30)14-27(2,3)17-28/h6-13,21H,5,14-18H2,1-4H3. The molecule has 2 atom stereocenters. The van der Waals surface area contributed by atoms with Gasteiger partial charge in [0.15, 0.2) is 5.16 Å². The van der Waals surface area contributed by atoms with Crippen LogP contribution in [0.25, 0.3) is 16.6 Å². The van der Waals surface area contributed by atoms with Gasteiger partial charge in [0.2, 0.25) is 5.91 Å². The van der Waals surface area contributed by atoms with Gasteiger partial charge >= 0.3 is 0 Å². The molecular formula is C28H33N3O2S. The summed E-state index contributed by atoms with van der Waals surface area (Å²) >= 11 is 1.37. The number of carbonyl (C=O) groups is 1. The lowest BCUT2D eigenvalue weighted by Crippen LogP contribution is -2.38. The third-order valence-electron chi connectivity index (χ3n) is 7.41. The minimum absolute atomic E-state index is 0.101. The molecule has 2 heterocycles. The minimum Gasteiger partial charge on any atom is -0.338 e. The van der Waals surface area contributed by atoms with Gasteiger partial charge < -0.3 is 4.90 Å². The minimum atomic E-state index is -0.101. The highest BCUT2D eigenvalue weighted by Gasteiger charge is 2.50. The number of likely N-dealkylation sites (tertiary alicyclic amines) is 1. The molecule has 1 aliphatic carbocycles. The maximum absolute atomic E-state index is 13.5. The molecule has 1 saturated carbocycles. The molecule has 34 heavy (non-hydrogen) atoms. The molecule has 5 rings (SSSR count). The third kappa shape index (κ3) is 4.28. The molecule has 6 heteroatoms. The molecule has 2 unspecified atom stereocenters. The van der Waals surface area contributed by atoms with Crippen LogP contribution in [0.5, 0.6) is 0 Å². The van der Waals surface area contributed by atoms with Gasteiger partial charge in [-0.25, -0.2) is 4.98 Å². The highest BCUT2D eigenvalue weighted by molar-refractivity contribution is 7.99. The summed E-state index contributed by atoms with van der Waals surface area (Å²) in [6, 6.07) is 15.8. The van der Waals surface area contributed by atoms with Crippen LogP contribution in [0.15, 0.2) is 58.5 Å². The van der Waals surface area contributed by atoms with Gasteiger partial charge in [0.05, 0.1) is 22.3 Å².